The topological polar surface area (TPSA) is 12.0 Å². The van der Waals surface area contributed by atoms with Crippen molar-refractivity contribution in [2.24, 2.45) is 11.8 Å². The molecule has 0 radical (unpaired) electrons. The van der Waals surface area contributed by atoms with Crippen molar-refractivity contribution in [2.75, 3.05) is 6.54 Å². The third kappa shape index (κ3) is 3.35. The van der Waals surface area contributed by atoms with E-state index in [2.05, 4.69) is 19.2 Å². The SMILES string of the molecule is CCNC(c1cccc(F)c1Cl)C1CCCCC1CC. The molecule has 20 heavy (non-hydrogen) atoms. The predicted octanol–water partition coefficient (Wildman–Crippen LogP) is 5.35. The fraction of sp³-hybridized carbons (Fsp3) is 0.647. The molecule has 0 heterocycles. The highest BCUT2D eigenvalue weighted by atomic mass is 35.5. The van der Waals surface area contributed by atoms with E-state index in [9.17, 15) is 4.39 Å². The molecule has 1 N–H and O–H groups in total. The van der Waals surface area contributed by atoms with Crippen molar-refractivity contribution >= 4 is 11.6 Å². The summed E-state index contributed by atoms with van der Waals surface area (Å²) in [6.07, 6.45) is 6.29. The molecule has 0 aliphatic heterocycles. The third-order valence-corrected chi connectivity index (χ3v) is 5.06. The maximum Gasteiger partial charge on any atom is 0.142 e. The summed E-state index contributed by atoms with van der Waals surface area (Å²) >= 11 is 6.22. The van der Waals surface area contributed by atoms with Crippen LogP contribution in [0.3, 0.4) is 0 Å². The lowest BCUT2D eigenvalue weighted by molar-refractivity contribution is 0.176. The summed E-state index contributed by atoms with van der Waals surface area (Å²) in [5.74, 6) is 0.969. The summed E-state index contributed by atoms with van der Waals surface area (Å²) in [7, 11) is 0. The molecular formula is C17H25ClFN. The molecule has 3 atom stereocenters. The van der Waals surface area contributed by atoms with Crippen LogP contribution in [0.15, 0.2) is 18.2 Å². The van der Waals surface area contributed by atoms with Gasteiger partial charge in [-0.3, -0.25) is 0 Å². The van der Waals surface area contributed by atoms with Gasteiger partial charge in [-0.25, -0.2) is 4.39 Å². The van der Waals surface area contributed by atoms with Crippen LogP contribution >= 0.6 is 11.6 Å². The van der Waals surface area contributed by atoms with E-state index in [-0.39, 0.29) is 11.9 Å². The summed E-state index contributed by atoms with van der Waals surface area (Å²) in [4.78, 5) is 0. The van der Waals surface area contributed by atoms with Gasteiger partial charge in [0.05, 0.1) is 5.02 Å². The molecule has 3 heteroatoms. The lowest BCUT2D eigenvalue weighted by Crippen LogP contribution is -2.34. The molecule has 0 spiro atoms. The number of hydrogen-bond donors (Lipinski definition) is 1. The van der Waals surface area contributed by atoms with Crippen molar-refractivity contribution in [1.29, 1.82) is 0 Å². The first-order chi connectivity index (χ1) is 9.69. The molecule has 0 amide bonds. The molecule has 112 valence electrons. The van der Waals surface area contributed by atoms with Crippen LogP contribution < -0.4 is 5.32 Å². The maximum absolute atomic E-state index is 13.8. The van der Waals surface area contributed by atoms with Gasteiger partial charge in [0.2, 0.25) is 0 Å². The Bertz CT molecular complexity index is 435. The zero-order valence-electron chi connectivity index (χ0n) is 12.5. The molecule has 1 aliphatic carbocycles. The molecule has 1 nitrogen and oxygen atoms in total. The van der Waals surface area contributed by atoms with Crippen molar-refractivity contribution in [3.63, 3.8) is 0 Å². The van der Waals surface area contributed by atoms with Crippen LogP contribution in [0, 0.1) is 17.7 Å². The number of rotatable bonds is 5. The van der Waals surface area contributed by atoms with Gasteiger partial charge in [-0.15, -0.1) is 0 Å². The summed E-state index contributed by atoms with van der Waals surface area (Å²) in [5.41, 5.74) is 0.930. The molecule has 1 aromatic rings. The van der Waals surface area contributed by atoms with Crippen LogP contribution in [0.4, 0.5) is 4.39 Å². The maximum atomic E-state index is 13.8. The molecule has 1 aromatic carbocycles. The van der Waals surface area contributed by atoms with Gasteiger partial charge < -0.3 is 5.32 Å². The van der Waals surface area contributed by atoms with E-state index in [0.717, 1.165) is 12.1 Å². The van der Waals surface area contributed by atoms with Gasteiger partial charge in [0.25, 0.3) is 0 Å². The van der Waals surface area contributed by atoms with E-state index in [1.807, 2.05) is 6.07 Å². The molecule has 0 aromatic heterocycles. The first kappa shape index (κ1) is 15.8. The Labute approximate surface area is 126 Å². The van der Waals surface area contributed by atoms with E-state index < -0.39 is 0 Å². The quantitative estimate of drug-likeness (QED) is 0.773. The first-order valence-corrected chi connectivity index (χ1v) is 8.24. The predicted molar refractivity (Wildman–Crippen MR) is 83.6 cm³/mol. The largest absolute Gasteiger partial charge is 0.310 e. The Balaban J connectivity index is 2.32. The van der Waals surface area contributed by atoms with Crippen molar-refractivity contribution in [2.45, 2.75) is 52.0 Å². The van der Waals surface area contributed by atoms with Gasteiger partial charge in [0.1, 0.15) is 5.82 Å². The van der Waals surface area contributed by atoms with Crippen LogP contribution in [-0.2, 0) is 0 Å². The number of nitrogens with one attached hydrogen (secondary N) is 1. The Hall–Kier alpha value is -0.600. The van der Waals surface area contributed by atoms with Gasteiger partial charge >= 0.3 is 0 Å². The Morgan fingerprint density at radius 1 is 1.30 bits per heavy atom. The minimum atomic E-state index is -0.309. The van der Waals surface area contributed by atoms with E-state index >= 15 is 0 Å². The van der Waals surface area contributed by atoms with E-state index in [0.29, 0.717) is 16.9 Å². The summed E-state index contributed by atoms with van der Waals surface area (Å²) in [6, 6.07) is 5.35. The highest BCUT2D eigenvalue weighted by Crippen LogP contribution is 2.42. The fourth-order valence-corrected chi connectivity index (χ4v) is 3.90. The van der Waals surface area contributed by atoms with Crippen molar-refractivity contribution in [3.05, 3.63) is 34.6 Å². The van der Waals surface area contributed by atoms with Crippen LogP contribution in [0.25, 0.3) is 0 Å². The molecule has 2 rings (SSSR count). The van der Waals surface area contributed by atoms with Crippen molar-refractivity contribution < 1.29 is 4.39 Å². The van der Waals surface area contributed by atoms with E-state index in [4.69, 9.17) is 11.6 Å². The standard InChI is InChI=1S/C17H25ClFN/c1-3-12-8-5-6-9-13(12)17(20-4-2)14-10-7-11-15(19)16(14)18/h7,10-13,17,20H,3-6,8-9H2,1-2H3. The molecule has 1 saturated carbocycles. The summed E-state index contributed by atoms with van der Waals surface area (Å²) < 4.78 is 13.8. The van der Waals surface area contributed by atoms with Gasteiger partial charge in [-0.05, 0) is 36.4 Å². The van der Waals surface area contributed by atoms with Crippen molar-refractivity contribution in [3.8, 4) is 0 Å². The molecule has 0 saturated heterocycles. The number of hydrogen-bond acceptors (Lipinski definition) is 1. The molecular weight excluding hydrogens is 273 g/mol. The van der Waals surface area contributed by atoms with Crippen LogP contribution in [-0.4, -0.2) is 6.54 Å². The van der Waals surface area contributed by atoms with Crippen LogP contribution in [0.1, 0.15) is 57.6 Å². The second-order valence-electron chi connectivity index (χ2n) is 5.80. The van der Waals surface area contributed by atoms with Gasteiger partial charge in [-0.2, -0.15) is 0 Å². The highest BCUT2D eigenvalue weighted by molar-refractivity contribution is 6.31. The Morgan fingerprint density at radius 2 is 2.05 bits per heavy atom. The van der Waals surface area contributed by atoms with Gasteiger partial charge in [-0.1, -0.05) is 63.3 Å². The average molecular weight is 298 g/mol. The van der Waals surface area contributed by atoms with Gasteiger partial charge in [0, 0.05) is 6.04 Å². The molecule has 1 aliphatic rings. The zero-order valence-corrected chi connectivity index (χ0v) is 13.2. The third-order valence-electron chi connectivity index (χ3n) is 4.66. The van der Waals surface area contributed by atoms with Crippen LogP contribution in [0.2, 0.25) is 5.02 Å². The summed E-state index contributed by atoms with van der Waals surface area (Å²) in [5, 5.41) is 3.84. The number of halogens is 2. The normalized spacial score (nSPS) is 24.6. The zero-order chi connectivity index (χ0) is 14.5. The lowest BCUT2D eigenvalue weighted by Gasteiger charge is -2.38. The Morgan fingerprint density at radius 3 is 2.75 bits per heavy atom. The monoisotopic (exact) mass is 297 g/mol. The molecule has 3 unspecified atom stereocenters. The van der Waals surface area contributed by atoms with E-state index in [1.165, 1.54) is 38.2 Å². The Kier molecular flexibility index (Phi) is 5.86. The van der Waals surface area contributed by atoms with Crippen LogP contribution in [0.5, 0.6) is 0 Å². The average Bonchev–Trinajstić information content (AvgIpc) is 2.48. The molecule has 0 bridgehead atoms. The minimum Gasteiger partial charge on any atom is -0.310 e. The first-order valence-electron chi connectivity index (χ1n) is 7.86. The van der Waals surface area contributed by atoms with E-state index in [1.54, 1.807) is 6.07 Å². The fourth-order valence-electron chi connectivity index (χ4n) is 3.65. The second kappa shape index (κ2) is 7.42. The lowest BCUT2D eigenvalue weighted by atomic mass is 9.72. The smallest absolute Gasteiger partial charge is 0.142 e. The highest BCUT2D eigenvalue weighted by Gasteiger charge is 2.32. The molecule has 1 fully saturated rings. The minimum absolute atomic E-state index is 0.174. The van der Waals surface area contributed by atoms with Crippen molar-refractivity contribution in [1.82, 2.24) is 5.32 Å². The summed E-state index contributed by atoms with van der Waals surface area (Å²) in [6.45, 7) is 5.24. The number of benzene rings is 1. The van der Waals surface area contributed by atoms with Gasteiger partial charge in [0.15, 0.2) is 0 Å². The second-order valence-corrected chi connectivity index (χ2v) is 6.17.